The summed E-state index contributed by atoms with van der Waals surface area (Å²) in [5, 5.41) is 4.75. The first kappa shape index (κ1) is 23.2. The minimum Gasteiger partial charge on any atom is -0.455 e. The van der Waals surface area contributed by atoms with E-state index in [1.807, 2.05) is 0 Å². The van der Waals surface area contributed by atoms with Gasteiger partial charge in [0.25, 0.3) is 0 Å². The van der Waals surface area contributed by atoms with Gasteiger partial charge >= 0.3 is 0 Å². The summed E-state index contributed by atoms with van der Waals surface area (Å²) in [6.45, 7) is 2.18. The molecular weight excluding hydrogens is 520 g/mol. The predicted molar refractivity (Wildman–Crippen MR) is 178 cm³/mol. The van der Waals surface area contributed by atoms with Gasteiger partial charge in [0.05, 0.1) is 5.41 Å². The van der Waals surface area contributed by atoms with Crippen LogP contribution in [-0.2, 0) is 5.41 Å². The molecule has 0 atom stereocenters. The summed E-state index contributed by atoms with van der Waals surface area (Å²) in [5.41, 5.74) is 16.1. The normalized spacial score (nSPS) is 13.9. The minimum absolute atomic E-state index is 0.353. The lowest BCUT2D eigenvalue weighted by Gasteiger charge is -2.30. The molecule has 0 aliphatic heterocycles. The van der Waals surface area contributed by atoms with Gasteiger partial charge in [-0.3, -0.25) is 0 Å². The Labute approximate surface area is 249 Å². The van der Waals surface area contributed by atoms with Gasteiger partial charge in [0, 0.05) is 16.2 Å². The van der Waals surface area contributed by atoms with Gasteiger partial charge in [-0.1, -0.05) is 127 Å². The first-order chi connectivity index (χ1) is 21.3. The Balaban J connectivity index is 1.38. The van der Waals surface area contributed by atoms with Crippen molar-refractivity contribution >= 4 is 32.7 Å². The average Bonchev–Trinajstić information content (AvgIpc) is 3.69. The summed E-state index contributed by atoms with van der Waals surface area (Å²) in [7, 11) is 0. The molecular formula is C42H26O. The van der Waals surface area contributed by atoms with Gasteiger partial charge in [0.15, 0.2) is 0 Å². The number of furan rings is 1. The fraction of sp³-hybridized carbons (Fsp3) is 0.0476. The van der Waals surface area contributed by atoms with Crippen LogP contribution in [0.4, 0.5) is 0 Å². The molecule has 0 amide bonds. The average molecular weight is 547 g/mol. The van der Waals surface area contributed by atoms with Crippen LogP contribution in [-0.4, -0.2) is 0 Å². The molecule has 0 saturated carbocycles. The summed E-state index contributed by atoms with van der Waals surface area (Å²) in [5.74, 6) is 0. The van der Waals surface area contributed by atoms with Crippen molar-refractivity contribution in [1.82, 2.24) is 0 Å². The highest BCUT2D eigenvalue weighted by Gasteiger charge is 2.51. The van der Waals surface area contributed by atoms with Crippen LogP contribution in [0.3, 0.4) is 0 Å². The molecule has 1 spiro atoms. The van der Waals surface area contributed by atoms with Gasteiger partial charge in [-0.05, 0) is 85.6 Å². The summed E-state index contributed by atoms with van der Waals surface area (Å²) >= 11 is 0. The van der Waals surface area contributed by atoms with Crippen molar-refractivity contribution in [2.45, 2.75) is 12.3 Å². The summed E-state index contributed by atoms with van der Waals surface area (Å²) in [4.78, 5) is 0. The van der Waals surface area contributed by atoms with Gasteiger partial charge in [-0.25, -0.2) is 0 Å². The van der Waals surface area contributed by atoms with E-state index >= 15 is 0 Å². The molecule has 0 unspecified atom stereocenters. The predicted octanol–water partition coefficient (Wildman–Crippen LogP) is 11.1. The molecule has 0 N–H and O–H groups in total. The standard InChI is InChI=1S/C42H26O/c1-25-12-10-23-38-39(25)33-24-32(26-13-2-3-16-30(26)41(33)43-38)29-18-11-22-37-40(29)31-17-6-9-21-36(31)42(37)34-19-7-4-14-27(34)28-15-5-8-20-35(28)42/h2-24H,1H3. The van der Waals surface area contributed by atoms with E-state index in [4.69, 9.17) is 4.42 Å². The lowest BCUT2D eigenvalue weighted by Crippen LogP contribution is -2.25. The molecule has 200 valence electrons. The second kappa shape index (κ2) is 8.12. The lowest BCUT2D eigenvalue weighted by molar-refractivity contribution is 0.672. The van der Waals surface area contributed by atoms with Gasteiger partial charge in [0.2, 0.25) is 0 Å². The van der Waals surface area contributed by atoms with Crippen LogP contribution < -0.4 is 0 Å². The van der Waals surface area contributed by atoms with E-state index in [9.17, 15) is 0 Å². The number of benzene rings is 7. The SMILES string of the molecule is Cc1cccc2oc3c4ccccc4c(-c4cccc5c4-c4ccccc4C54c5ccccc5-c5ccccc54)cc3c12. The maximum Gasteiger partial charge on any atom is 0.143 e. The second-order valence-corrected chi connectivity index (χ2v) is 12.0. The third-order valence-electron chi connectivity index (χ3n) is 10.0. The van der Waals surface area contributed by atoms with Gasteiger partial charge in [0.1, 0.15) is 11.2 Å². The van der Waals surface area contributed by atoms with Crippen molar-refractivity contribution < 1.29 is 4.42 Å². The maximum absolute atomic E-state index is 6.54. The zero-order valence-electron chi connectivity index (χ0n) is 23.7. The third kappa shape index (κ3) is 2.73. The molecule has 1 heterocycles. The molecule has 2 aliphatic carbocycles. The van der Waals surface area contributed by atoms with E-state index in [0.717, 1.165) is 16.6 Å². The number of hydrogen-bond donors (Lipinski definition) is 0. The fourth-order valence-corrected chi connectivity index (χ4v) is 8.42. The smallest absolute Gasteiger partial charge is 0.143 e. The van der Waals surface area contributed by atoms with E-state index in [1.54, 1.807) is 0 Å². The Morgan fingerprint density at radius 3 is 1.74 bits per heavy atom. The quantitative estimate of drug-likeness (QED) is 0.200. The Bertz CT molecular complexity index is 2430. The molecule has 0 bridgehead atoms. The maximum atomic E-state index is 6.54. The van der Waals surface area contributed by atoms with Crippen molar-refractivity contribution in [2.75, 3.05) is 0 Å². The van der Waals surface area contributed by atoms with Crippen LogP contribution in [0.2, 0.25) is 0 Å². The lowest BCUT2D eigenvalue weighted by atomic mass is 9.70. The van der Waals surface area contributed by atoms with Crippen molar-refractivity contribution in [2.24, 2.45) is 0 Å². The molecule has 2 aliphatic rings. The molecule has 1 nitrogen and oxygen atoms in total. The molecule has 1 aromatic heterocycles. The third-order valence-corrected chi connectivity index (χ3v) is 10.0. The van der Waals surface area contributed by atoms with E-state index < -0.39 is 0 Å². The highest BCUT2D eigenvalue weighted by molar-refractivity contribution is 6.20. The summed E-state index contributed by atoms with van der Waals surface area (Å²) in [6, 6.07) is 51.5. The van der Waals surface area contributed by atoms with Crippen LogP contribution in [0.5, 0.6) is 0 Å². The van der Waals surface area contributed by atoms with E-state index in [2.05, 4.69) is 146 Å². The van der Waals surface area contributed by atoms with Crippen LogP contribution in [0, 0.1) is 6.92 Å². The molecule has 8 aromatic rings. The van der Waals surface area contributed by atoms with Gasteiger partial charge in [-0.15, -0.1) is 0 Å². The first-order valence-electron chi connectivity index (χ1n) is 15.0. The zero-order valence-corrected chi connectivity index (χ0v) is 23.7. The number of hydrogen-bond acceptors (Lipinski definition) is 1. The van der Waals surface area contributed by atoms with Gasteiger partial charge < -0.3 is 4.42 Å². The Hall–Kier alpha value is -5.40. The Morgan fingerprint density at radius 2 is 1.00 bits per heavy atom. The number of rotatable bonds is 1. The molecule has 7 aromatic carbocycles. The van der Waals surface area contributed by atoms with E-state index in [1.165, 1.54) is 77.4 Å². The van der Waals surface area contributed by atoms with E-state index in [-0.39, 0.29) is 5.41 Å². The van der Waals surface area contributed by atoms with Crippen LogP contribution in [0.15, 0.2) is 144 Å². The molecule has 43 heavy (non-hydrogen) atoms. The molecule has 0 saturated heterocycles. The van der Waals surface area contributed by atoms with Crippen molar-refractivity contribution in [1.29, 1.82) is 0 Å². The van der Waals surface area contributed by atoms with E-state index in [0.29, 0.717) is 0 Å². The topological polar surface area (TPSA) is 13.1 Å². The van der Waals surface area contributed by atoms with Crippen LogP contribution >= 0.6 is 0 Å². The van der Waals surface area contributed by atoms with Crippen molar-refractivity contribution in [3.63, 3.8) is 0 Å². The number of fused-ring (bicyclic) bond motifs is 15. The van der Waals surface area contributed by atoms with Gasteiger partial charge in [-0.2, -0.15) is 0 Å². The van der Waals surface area contributed by atoms with Crippen molar-refractivity contribution in [3.05, 3.63) is 167 Å². The highest BCUT2D eigenvalue weighted by atomic mass is 16.3. The first-order valence-corrected chi connectivity index (χ1v) is 15.0. The van der Waals surface area contributed by atoms with Crippen LogP contribution in [0.1, 0.15) is 27.8 Å². The molecule has 0 fully saturated rings. The summed E-state index contributed by atoms with van der Waals surface area (Å²) in [6.07, 6.45) is 0. The Kier molecular flexibility index (Phi) is 4.38. The zero-order chi connectivity index (χ0) is 28.3. The second-order valence-electron chi connectivity index (χ2n) is 12.0. The fourth-order valence-electron chi connectivity index (χ4n) is 8.42. The molecule has 1 heteroatoms. The largest absolute Gasteiger partial charge is 0.455 e. The molecule has 10 rings (SSSR count). The minimum atomic E-state index is -0.353. The highest BCUT2D eigenvalue weighted by Crippen LogP contribution is 2.64. The van der Waals surface area contributed by atoms with Crippen LogP contribution in [0.25, 0.3) is 66.1 Å². The molecule has 0 radical (unpaired) electrons. The Morgan fingerprint density at radius 1 is 0.442 bits per heavy atom. The number of aryl methyl sites for hydroxylation is 1. The monoisotopic (exact) mass is 546 g/mol. The summed E-state index contributed by atoms with van der Waals surface area (Å²) < 4.78 is 6.54. The van der Waals surface area contributed by atoms with Crippen molar-refractivity contribution in [3.8, 4) is 33.4 Å².